The normalized spacial score (nSPS) is 14.5. The lowest BCUT2D eigenvalue weighted by Crippen LogP contribution is -2.41. The van der Waals surface area contributed by atoms with E-state index in [0.717, 1.165) is 4.88 Å². The van der Waals surface area contributed by atoms with Gasteiger partial charge in [-0.15, -0.1) is 11.3 Å². The molecule has 0 saturated carbocycles. The molecule has 1 rings (SSSR count). The second-order valence-electron chi connectivity index (χ2n) is 3.33. The highest BCUT2D eigenvalue weighted by Gasteiger charge is 2.19. The topological polar surface area (TPSA) is 64.3 Å². The molecule has 1 heterocycles. The van der Waals surface area contributed by atoms with Crippen molar-refractivity contribution in [3.63, 3.8) is 0 Å². The molecule has 2 unspecified atom stereocenters. The fourth-order valence-corrected chi connectivity index (χ4v) is 2.31. The van der Waals surface area contributed by atoms with Gasteiger partial charge in [-0.3, -0.25) is 4.79 Å². The maximum atomic E-state index is 11.7. The second kappa shape index (κ2) is 6.20. The zero-order chi connectivity index (χ0) is 12.1. The molecule has 0 aliphatic carbocycles. The molecule has 1 aromatic heterocycles. The Hall–Kier alpha value is -0.620. The minimum absolute atomic E-state index is 0.0887. The maximum Gasteiger partial charge on any atom is 0.250 e. The summed E-state index contributed by atoms with van der Waals surface area (Å²) in [6, 6.07) is 3.61. The number of rotatable bonds is 5. The van der Waals surface area contributed by atoms with E-state index in [-0.39, 0.29) is 18.5 Å². The van der Waals surface area contributed by atoms with Crippen LogP contribution in [0, 0.1) is 0 Å². The Kier molecular flexibility index (Phi) is 5.21. The van der Waals surface area contributed by atoms with Crippen LogP contribution in [0.2, 0.25) is 4.34 Å². The van der Waals surface area contributed by atoms with Gasteiger partial charge in [0.15, 0.2) is 0 Å². The van der Waals surface area contributed by atoms with Crippen LogP contribution < -0.4 is 11.1 Å². The van der Waals surface area contributed by atoms with Gasteiger partial charge in [0.05, 0.1) is 10.4 Å². The van der Waals surface area contributed by atoms with Crippen LogP contribution in [0.3, 0.4) is 0 Å². The van der Waals surface area contributed by atoms with E-state index in [9.17, 15) is 4.79 Å². The molecule has 0 aliphatic heterocycles. The highest BCUT2D eigenvalue weighted by atomic mass is 35.5. The summed E-state index contributed by atoms with van der Waals surface area (Å²) in [5, 5.41) is 2.82. The van der Waals surface area contributed by atoms with E-state index >= 15 is 0 Å². The summed E-state index contributed by atoms with van der Waals surface area (Å²) in [6.45, 7) is 2.06. The smallest absolute Gasteiger partial charge is 0.250 e. The van der Waals surface area contributed by atoms with Crippen LogP contribution in [0.4, 0.5) is 0 Å². The summed E-state index contributed by atoms with van der Waals surface area (Å²) < 4.78 is 5.65. The Morgan fingerprint density at radius 2 is 2.38 bits per heavy atom. The summed E-state index contributed by atoms with van der Waals surface area (Å²) >= 11 is 7.26. The largest absolute Gasteiger partial charge is 0.370 e. The van der Waals surface area contributed by atoms with Crippen molar-refractivity contribution in [1.82, 2.24) is 5.32 Å². The number of ether oxygens (including phenoxy) is 1. The van der Waals surface area contributed by atoms with Crippen molar-refractivity contribution in [2.45, 2.75) is 19.1 Å². The van der Waals surface area contributed by atoms with Gasteiger partial charge >= 0.3 is 0 Å². The Morgan fingerprint density at radius 1 is 1.69 bits per heavy atom. The molecular weight excluding hydrogens is 248 g/mol. The van der Waals surface area contributed by atoms with Crippen molar-refractivity contribution in [3.8, 4) is 0 Å². The number of hydrogen-bond donors (Lipinski definition) is 2. The van der Waals surface area contributed by atoms with Crippen LogP contribution in [-0.4, -0.2) is 25.7 Å². The third-order valence-electron chi connectivity index (χ3n) is 2.17. The van der Waals surface area contributed by atoms with Crippen molar-refractivity contribution in [2.75, 3.05) is 13.7 Å². The number of nitrogens with one attached hydrogen (secondary N) is 1. The summed E-state index contributed by atoms with van der Waals surface area (Å²) in [5.41, 5.74) is 5.40. The molecule has 16 heavy (non-hydrogen) atoms. The van der Waals surface area contributed by atoms with E-state index in [2.05, 4.69) is 5.32 Å². The Bertz CT molecular complexity index is 352. The molecule has 0 spiro atoms. The Morgan fingerprint density at radius 3 is 2.81 bits per heavy atom. The van der Waals surface area contributed by atoms with Crippen LogP contribution in [0.15, 0.2) is 12.1 Å². The maximum absolute atomic E-state index is 11.7. The fraction of sp³-hybridized carbons (Fsp3) is 0.500. The molecule has 0 aliphatic rings. The SMILES string of the molecule is COC(CN)C(=O)NC(C)c1ccc(Cl)s1. The van der Waals surface area contributed by atoms with Crippen LogP contribution >= 0.6 is 22.9 Å². The van der Waals surface area contributed by atoms with E-state index in [1.807, 2.05) is 13.0 Å². The van der Waals surface area contributed by atoms with E-state index in [1.165, 1.54) is 18.4 Å². The molecule has 3 N–H and O–H groups in total. The minimum Gasteiger partial charge on any atom is -0.370 e. The standard InChI is InChI=1S/C10H15ClN2O2S/c1-6(8-3-4-9(11)16-8)13-10(14)7(5-12)15-2/h3-4,6-7H,5,12H2,1-2H3,(H,13,14). The monoisotopic (exact) mass is 262 g/mol. The summed E-state index contributed by atoms with van der Waals surface area (Å²) in [7, 11) is 1.46. The van der Waals surface area contributed by atoms with Gasteiger partial charge in [-0.2, -0.15) is 0 Å². The predicted molar refractivity (Wildman–Crippen MR) is 65.7 cm³/mol. The van der Waals surface area contributed by atoms with Gasteiger partial charge in [-0.05, 0) is 19.1 Å². The first-order chi connectivity index (χ1) is 7.58. The first kappa shape index (κ1) is 13.4. The molecule has 2 atom stereocenters. The number of carbonyl (C=O) groups is 1. The first-order valence-corrected chi connectivity index (χ1v) is 6.06. The molecule has 90 valence electrons. The lowest BCUT2D eigenvalue weighted by molar-refractivity contribution is -0.131. The molecule has 0 radical (unpaired) electrons. The lowest BCUT2D eigenvalue weighted by Gasteiger charge is -2.17. The molecule has 6 heteroatoms. The number of methoxy groups -OCH3 is 1. The van der Waals surface area contributed by atoms with Crippen LogP contribution in [0.5, 0.6) is 0 Å². The quantitative estimate of drug-likeness (QED) is 0.846. The summed E-state index contributed by atoms with van der Waals surface area (Å²) in [5.74, 6) is -0.206. The van der Waals surface area contributed by atoms with Crippen LogP contribution in [0.25, 0.3) is 0 Å². The van der Waals surface area contributed by atoms with Gasteiger partial charge in [0.2, 0.25) is 0 Å². The number of nitrogens with two attached hydrogens (primary N) is 1. The first-order valence-electron chi connectivity index (χ1n) is 4.87. The van der Waals surface area contributed by atoms with Crippen molar-refractivity contribution in [1.29, 1.82) is 0 Å². The molecule has 4 nitrogen and oxygen atoms in total. The molecule has 0 fully saturated rings. The third-order valence-corrected chi connectivity index (χ3v) is 3.58. The van der Waals surface area contributed by atoms with Crippen LogP contribution in [0.1, 0.15) is 17.8 Å². The van der Waals surface area contributed by atoms with Crippen molar-refractivity contribution in [2.24, 2.45) is 5.73 Å². The fourth-order valence-electron chi connectivity index (χ4n) is 1.25. The van der Waals surface area contributed by atoms with Gasteiger partial charge in [0.1, 0.15) is 6.10 Å². The van der Waals surface area contributed by atoms with Gasteiger partial charge in [-0.1, -0.05) is 11.6 Å². The Labute approximate surface area is 104 Å². The Balaban J connectivity index is 2.57. The molecular formula is C10H15ClN2O2S. The molecule has 1 aromatic rings. The molecule has 0 aromatic carbocycles. The van der Waals surface area contributed by atoms with Crippen LogP contribution in [-0.2, 0) is 9.53 Å². The van der Waals surface area contributed by atoms with Crippen molar-refractivity contribution >= 4 is 28.8 Å². The average Bonchev–Trinajstić information content (AvgIpc) is 2.66. The summed E-state index contributed by atoms with van der Waals surface area (Å²) in [6.07, 6.45) is -0.599. The number of halogens is 1. The summed E-state index contributed by atoms with van der Waals surface area (Å²) in [4.78, 5) is 12.7. The van der Waals surface area contributed by atoms with Gasteiger partial charge in [-0.25, -0.2) is 0 Å². The number of carbonyl (C=O) groups excluding carboxylic acids is 1. The minimum atomic E-state index is -0.599. The highest BCUT2D eigenvalue weighted by molar-refractivity contribution is 7.16. The number of hydrogen-bond acceptors (Lipinski definition) is 4. The van der Waals surface area contributed by atoms with Crippen molar-refractivity contribution in [3.05, 3.63) is 21.3 Å². The number of amides is 1. The van der Waals surface area contributed by atoms with Crippen molar-refractivity contribution < 1.29 is 9.53 Å². The van der Waals surface area contributed by atoms with E-state index in [0.29, 0.717) is 4.34 Å². The zero-order valence-corrected chi connectivity index (χ0v) is 10.8. The zero-order valence-electron chi connectivity index (χ0n) is 9.20. The van der Waals surface area contributed by atoms with Gasteiger partial charge in [0, 0.05) is 18.5 Å². The second-order valence-corrected chi connectivity index (χ2v) is 5.08. The highest BCUT2D eigenvalue weighted by Crippen LogP contribution is 2.26. The van der Waals surface area contributed by atoms with E-state index < -0.39 is 6.10 Å². The van der Waals surface area contributed by atoms with Gasteiger partial charge < -0.3 is 15.8 Å². The lowest BCUT2D eigenvalue weighted by atomic mass is 10.2. The average molecular weight is 263 g/mol. The molecule has 1 amide bonds. The molecule has 0 bridgehead atoms. The molecule has 0 saturated heterocycles. The predicted octanol–water partition coefficient (Wildman–Crippen LogP) is 1.55. The van der Waals surface area contributed by atoms with Gasteiger partial charge in [0.25, 0.3) is 5.91 Å². The number of thiophene rings is 1. The van der Waals surface area contributed by atoms with E-state index in [1.54, 1.807) is 6.07 Å². The third kappa shape index (κ3) is 3.45. The van der Waals surface area contributed by atoms with E-state index in [4.69, 9.17) is 22.1 Å².